The van der Waals surface area contributed by atoms with Crippen LogP contribution < -0.4 is 5.73 Å². The van der Waals surface area contributed by atoms with Crippen LogP contribution in [0.1, 0.15) is 37.8 Å². The maximum Gasteiger partial charge on any atom is 0.417 e. The molecule has 0 aromatic heterocycles. The first-order valence-electron chi connectivity index (χ1n) is 14.1. The molecule has 0 fully saturated rings. The fourth-order valence-electron chi connectivity index (χ4n) is 5.27. The van der Waals surface area contributed by atoms with Crippen LogP contribution in [0, 0.1) is 5.92 Å². The van der Waals surface area contributed by atoms with E-state index >= 15 is 0 Å². The van der Waals surface area contributed by atoms with Gasteiger partial charge in [0, 0.05) is 36.5 Å². The van der Waals surface area contributed by atoms with E-state index < -0.39 is 75.2 Å². The second-order valence-corrected chi connectivity index (χ2v) is 10.6. The summed E-state index contributed by atoms with van der Waals surface area (Å²) in [4.78, 5) is 56.4. The van der Waals surface area contributed by atoms with Crippen molar-refractivity contribution in [3.05, 3.63) is 52.2 Å². The lowest BCUT2D eigenvalue weighted by molar-refractivity contribution is -0.146. The van der Waals surface area contributed by atoms with E-state index in [0.717, 1.165) is 25.3 Å². The summed E-state index contributed by atoms with van der Waals surface area (Å²) in [7, 11) is 0.950. The summed E-state index contributed by atoms with van der Waals surface area (Å²) in [5.41, 5.74) is -1.26. The van der Waals surface area contributed by atoms with Crippen molar-refractivity contribution in [2.45, 2.75) is 43.2 Å². The standard InChI is InChI=1S/C30H37F3N2O10S/c1-5-45-28(41)24-21(16-44-14-8-13-43-12-7-11-34)35-17(2)23(27(40)42-3)29(24,20(26(38)39)15-22(36)37)18-9-6-10-19(25(18)46-4)30(31,32)33/h6,9-10,15,23H,5,7-8,11-14,16,34H2,1-4H3,(H,36,37)(H,38,39). The normalized spacial score (nSPS) is 18.7. The van der Waals surface area contributed by atoms with Crippen molar-refractivity contribution in [3.8, 4) is 0 Å². The molecule has 1 aliphatic heterocycles. The van der Waals surface area contributed by atoms with E-state index in [-0.39, 0.29) is 30.7 Å². The third-order valence-electron chi connectivity index (χ3n) is 6.94. The van der Waals surface area contributed by atoms with Gasteiger partial charge in [0.15, 0.2) is 0 Å². The maximum absolute atomic E-state index is 14.4. The van der Waals surface area contributed by atoms with Crippen molar-refractivity contribution in [2.75, 3.05) is 52.9 Å². The predicted octanol–water partition coefficient (Wildman–Crippen LogP) is 3.61. The molecule has 16 heteroatoms. The second-order valence-electron chi connectivity index (χ2n) is 9.81. The molecule has 46 heavy (non-hydrogen) atoms. The Morgan fingerprint density at radius 2 is 1.76 bits per heavy atom. The van der Waals surface area contributed by atoms with Crippen LogP contribution in [-0.4, -0.2) is 92.7 Å². The Balaban J connectivity index is 3.11. The van der Waals surface area contributed by atoms with Crippen molar-refractivity contribution in [1.29, 1.82) is 0 Å². The number of aliphatic imine (C=N–C) groups is 1. The van der Waals surface area contributed by atoms with Gasteiger partial charge >= 0.3 is 30.1 Å². The smallest absolute Gasteiger partial charge is 0.417 e. The van der Waals surface area contributed by atoms with Gasteiger partial charge < -0.3 is 34.9 Å². The Labute approximate surface area is 267 Å². The van der Waals surface area contributed by atoms with E-state index in [1.807, 2.05) is 0 Å². The van der Waals surface area contributed by atoms with Crippen molar-refractivity contribution < 1.29 is 61.5 Å². The van der Waals surface area contributed by atoms with E-state index in [1.54, 1.807) is 0 Å². The maximum atomic E-state index is 14.4. The number of alkyl halides is 3. The fourth-order valence-corrected chi connectivity index (χ4v) is 6.13. The van der Waals surface area contributed by atoms with Crippen LogP contribution in [0.5, 0.6) is 0 Å². The zero-order chi connectivity index (χ0) is 34.7. The summed E-state index contributed by atoms with van der Waals surface area (Å²) >= 11 is 0.565. The molecule has 4 N–H and O–H groups in total. The van der Waals surface area contributed by atoms with Crippen molar-refractivity contribution in [1.82, 2.24) is 0 Å². The molecule has 0 amide bonds. The molecule has 254 valence electrons. The molecule has 0 aliphatic carbocycles. The SMILES string of the molecule is CCOC(=O)C1=C(COCCCOCCCN)N=C(C)C(C(=O)OC)C1(C(=CC(=O)O)C(=O)O)c1cccc(C(F)(F)F)c1SC. The second kappa shape index (κ2) is 17.3. The van der Waals surface area contributed by atoms with Gasteiger partial charge in [0.05, 0.1) is 48.1 Å². The number of carboxylic acids is 2. The van der Waals surface area contributed by atoms with E-state index in [1.165, 1.54) is 20.1 Å². The summed E-state index contributed by atoms with van der Waals surface area (Å²) in [6.07, 6.45) is -2.42. The minimum Gasteiger partial charge on any atom is -0.478 e. The molecule has 12 nitrogen and oxygen atoms in total. The molecule has 0 saturated heterocycles. The third-order valence-corrected chi connectivity index (χ3v) is 7.79. The average Bonchev–Trinajstić information content (AvgIpc) is 2.99. The molecule has 2 atom stereocenters. The number of aliphatic carboxylic acids is 2. The molecule has 1 heterocycles. The van der Waals surface area contributed by atoms with Gasteiger partial charge in [-0.2, -0.15) is 13.2 Å². The fraction of sp³-hybridized carbons (Fsp3) is 0.500. The molecule has 1 aromatic rings. The number of methoxy groups -OCH3 is 1. The summed E-state index contributed by atoms with van der Waals surface area (Å²) in [5, 5.41) is 20.3. The van der Waals surface area contributed by atoms with Crippen LogP contribution in [0.25, 0.3) is 0 Å². The van der Waals surface area contributed by atoms with E-state index in [2.05, 4.69) is 4.99 Å². The molecular formula is C30H37F3N2O10S. The Morgan fingerprint density at radius 1 is 1.11 bits per heavy atom. The number of halogens is 3. The zero-order valence-corrected chi connectivity index (χ0v) is 26.6. The molecule has 0 spiro atoms. The predicted molar refractivity (Wildman–Crippen MR) is 160 cm³/mol. The quantitative estimate of drug-likeness (QED) is 0.0946. The molecule has 0 bridgehead atoms. The highest BCUT2D eigenvalue weighted by atomic mass is 32.2. The van der Waals surface area contributed by atoms with Crippen LogP contribution in [0.3, 0.4) is 0 Å². The lowest BCUT2D eigenvalue weighted by atomic mass is 9.57. The van der Waals surface area contributed by atoms with Gasteiger partial charge in [-0.1, -0.05) is 12.1 Å². The van der Waals surface area contributed by atoms with Crippen LogP contribution >= 0.6 is 11.8 Å². The number of hydrogen-bond donors (Lipinski definition) is 3. The number of benzene rings is 1. The number of ether oxygens (including phenoxy) is 4. The molecule has 0 saturated carbocycles. The number of carbonyl (C=O) groups is 4. The molecule has 1 aromatic carbocycles. The van der Waals surface area contributed by atoms with E-state index in [9.17, 15) is 42.6 Å². The van der Waals surface area contributed by atoms with Crippen molar-refractivity contribution >= 4 is 41.4 Å². The van der Waals surface area contributed by atoms with Gasteiger partial charge in [-0.15, -0.1) is 11.8 Å². The largest absolute Gasteiger partial charge is 0.478 e. The summed E-state index contributed by atoms with van der Waals surface area (Å²) in [5.74, 6) is -8.12. The van der Waals surface area contributed by atoms with Crippen molar-refractivity contribution in [3.63, 3.8) is 0 Å². The van der Waals surface area contributed by atoms with E-state index in [0.29, 0.717) is 44.4 Å². The number of nitrogens with two attached hydrogens (primary N) is 1. The topological polar surface area (TPSA) is 184 Å². The van der Waals surface area contributed by atoms with E-state index in [4.69, 9.17) is 24.7 Å². The number of carbonyl (C=O) groups excluding carboxylic acids is 2. The summed E-state index contributed by atoms with van der Waals surface area (Å²) in [6.45, 7) is 3.19. The highest BCUT2D eigenvalue weighted by molar-refractivity contribution is 7.98. The van der Waals surface area contributed by atoms with Gasteiger partial charge in [0.1, 0.15) is 5.92 Å². The highest BCUT2D eigenvalue weighted by Crippen LogP contribution is 2.54. The zero-order valence-electron chi connectivity index (χ0n) is 25.8. The first-order chi connectivity index (χ1) is 21.7. The summed E-state index contributed by atoms with van der Waals surface area (Å²) < 4.78 is 64.5. The van der Waals surface area contributed by atoms with Crippen LogP contribution in [0.15, 0.2) is 51.0 Å². The van der Waals surface area contributed by atoms with Gasteiger partial charge in [-0.3, -0.25) is 9.79 Å². The van der Waals surface area contributed by atoms with Crippen LogP contribution in [0.2, 0.25) is 0 Å². The number of carboxylic acid groups (broad SMARTS) is 2. The van der Waals surface area contributed by atoms with Gasteiger partial charge in [-0.25, -0.2) is 14.4 Å². The minimum absolute atomic E-state index is 0.0562. The van der Waals surface area contributed by atoms with Gasteiger partial charge in [0.25, 0.3) is 0 Å². The Hall–Kier alpha value is -3.73. The minimum atomic E-state index is -4.97. The molecule has 0 radical (unpaired) electrons. The number of thioether (sulfide) groups is 1. The Bertz CT molecular complexity index is 1390. The lowest BCUT2D eigenvalue weighted by Gasteiger charge is -2.45. The number of esters is 2. The molecular weight excluding hydrogens is 637 g/mol. The van der Waals surface area contributed by atoms with Crippen molar-refractivity contribution in [2.24, 2.45) is 16.6 Å². The number of rotatable bonds is 17. The Morgan fingerprint density at radius 3 is 2.30 bits per heavy atom. The van der Waals surface area contributed by atoms with Gasteiger partial charge in [-0.05, 0) is 51.1 Å². The van der Waals surface area contributed by atoms with Gasteiger partial charge in [0.2, 0.25) is 0 Å². The number of nitrogens with zero attached hydrogens (tertiary/aromatic N) is 1. The molecule has 1 aliphatic rings. The third kappa shape index (κ3) is 8.54. The summed E-state index contributed by atoms with van der Waals surface area (Å²) in [6, 6.07) is 2.82. The average molecular weight is 675 g/mol. The monoisotopic (exact) mass is 674 g/mol. The van der Waals surface area contributed by atoms with Crippen LogP contribution in [-0.2, 0) is 49.7 Å². The molecule has 2 rings (SSSR count). The Kier molecular flexibility index (Phi) is 14.4. The lowest BCUT2D eigenvalue weighted by Crippen LogP contribution is -2.53. The molecule has 2 unspecified atom stereocenters. The highest BCUT2D eigenvalue weighted by Gasteiger charge is 2.60. The first-order valence-corrected chi connectivity index (χ1v) is 15.3. The number of hydrogen-bond acceptors (Lipinski definition) is 11. The van der Waals surface area contributed by atoms with Crippen LogP contribution in [0.4, 0.5) is 13.2 Å². The first kappa shape index (κ1) is 38.5.